The van der Waals surface area contributed by atoms with Crippen LogP contribution in [0.2, 0.25) is 0 Å². The molecule has 0 spiro atoms. The maximum Gasteiger partial charge on any atom is 0.186 e. The van der Waals surface area contributed by atoms with Crippen molar-refractivity contribution in [2.75, 3.05) is 26.4 Å². The van der Waals surface area contributed by atoms with E-state index in [-0.39, 0.29) is 6.61 Å². The molecule has 0 radical (unpaired) electrons. The summed E-state index contributed by atoms with van der Waals surface area (Å²) in [6.07, 6.45) is -10.9. The van der Waals surface area contributed by atoms with Crippen LogP contribution in [0.5, 0.6) is 0 Å². The van der Waals surface area contributed by atoms with Crippen LogP contribution < -0.4 is 0 Å². The van der Waals surface area contributed by atoms with Crippen LogP contribution in [0.1, 0.15) is 5.56 Å². The molecule has 1 saturated heterocycles. The van der Waals surface area contributed by atoms with E-state index in [1.165, 1.54) is 0 Å². The molecule has 2 rings (SSSR count). The van der Waals surface area contributed by atoms with Gasteiger partial charge in [0, 0.05) is 0 Å². The van der Waals surface area contributed by atoms with Crippen molar-refractivity contribution in [2.24, 2.45) is 0 Å². The minimum absolute atomic E-state index is 0.156. The summed E-state index contributed by atoms with van der Waals surface area (Å²) in [6, 6.07) is 9.38. The third kappa shape index (κ3) is 6.15. The van der Waals surface area contributed by atoms with Crippen LogP contribution in [0, 0.1) is 0 Å². The Balaban J connectivity index is 1.90. The van der Waals surface area contributed by atoms with Gasteiger partial charge < -0.3 is 55.1 Å². The summed E-state index contributed by atoms with van der Waals surface area (Å²) in [5.41, 5.74) is -1.43. The van der Waals surface area contributed by atoms with Crippen LogP contribution in [-0.4, -0.2) is 116 Å². The van der Waals surface area contributed by atoms with E-state index in [9.17, 15) is 30.6 Å². The molecule has 0 bridgehead atoms. The van der Waals surface area contributed by atoms with Crippen LogP contribution in [-0.2, 0) is 20.6 Å². The van der Waals surface area contributed by atoms with E-state index in [0.29, 0.717) is 6.42 Å². The monoisotopic (exact) mass is 434 g/mol. The summed E-state index contributed by atoms with van der Waals surface area (Å²) in [5.74, 6) is 0. The lowest BCUT2D eigenvalue weighted by atomic mass is 9.98. The van der Waals surface area contributed by atoms with Gasteiger partial charge in [0.25, 0.3) is 0 Å². The molecular formula is C19H30O11. The van der Waals surface area contributed by atoms with Crippen molar-refractivity contribution < 1.29 is 55.1 Å². The Kier molecular flexibility index (Phi) is 9.53. The van der Waals surface area contributed by atoms with Crippen molar-refractivity contribution in [1.29, 1.82) is 0 Å². The van der Waals surface area contributed by atoms with E-state index in [2.05, 4.69) is 0 Å². The molecule has 11 nitrogen and oxygen atoms in total. The van der Waals surface area contributed by atoms with Crippen molar-refractivity contribution >= 4 is 0 Å². The summed E-state index contributed by atoms with van der Waals surface area (Å²) >= 11 is 0. The fraction of sp³-hybridized carbons (Fsp3) is 0.684. The van der Waals surface area contributed by atoms with E-state index in [4.69, 9.17) is 24.4 Å². The van der Waals surface area contributed by atoms with Gasteiger partial charge in [-0.15, -0.1) is 0 Å². The molecule has 0 aromatic heterocycles. The summed E-state index contributed by atoms with van der Waals surface area (Å²) in [7, 11) is 0. The van der Waals surface area contributed by atoms with Gasteiger partial charge >= 0.3 is 0 Å². The van der Waals surface area contributed by atoms with Crippen molar-refractivity contribution in [2.45, 2.75) is 55.1 Å². The molecule has 172 valence electrons. The Morgan fingerprint density at radius 3 is 2.20 bits per heavy atom. The van der Waals surface area contributed by atoms with E-state index >= 15 is 0 Å². The summed E-state index contributed by atoms with van der Waals surface area (Å²) in [6.45, 7) is -2.50. The van der Waals surface area contributed by atoms with Crippen molar-refractivity contribution in [3.8, 4) is 0 Å². The quantitative estimate of drug-likeness (QED) is 0.161. The zero-order chi connectivity index (χ0) is 22.3. The third-order valence-corrected chi connectivity index (χ3v) is 4.98. The summed E-state index contributed by atoms with van der Waals surface area (Å²) in [5, 5.41) is 77.8. The molecule has 1 heterocycles. The second kappa shape index (κ2) is 11.4. The zero-order valence-corrected chi connectivity index (χ0v) is 16.3. The third-order valence-electron chi connectivity index (χ3n) is 4.98. The van der Waals surface area contributed by atoms with Crippen LogP contribution in [0.3, 0.4) is 0 Å². The summed E-state index contributed by atoms with van der Waals surface area (Å²) < 4.78 is 15.9. The van der Waals surface area contributed by atoms with Crippen LogP contribution in [0.4, 0.5) is 0 Å². The van der Waals surface area contributed by atoms with Gasteiger partial charge in [0.05, 0.1) is 26.4 Å². The standard InChI is InChI=1S/C19H30O11/c20-9-19(27,10-21)16(25)17(26)29-8-12-13(22)14(23)15(24)18(30-12)28-7-6-11-4-2-1-3-5-11/h1-5,12-18,20-27H,6-10H2/t12-,13-,14+,15-,16+,17?,18?/m1/s1. The number of aliphatic hydroxyl groups excluding tert-OH is 7. The topological polar surface area (TPSA) is 190 Å². The van der Waals surface area contributed by atoms with Crippen molar-refractivity contribution in [3.05, 3.63) is 35.9 Å². The number of aliphatic hydroxyl groups is 8. The number of rotatable bonds is 11. The Bertz CT molecular complexity index is 612. The first-order chi connectivity index (χ1) is 14.2. The smallest absolute Gasteiger partial charge is 0.186 e. The van der Waals surface area contributed by atoms with Gasteiger partial charge in [-0.05, 0) is 12.0 Å². The first kappa shape index (κ1) is 25.0. The highest BCUT2D eigenvalue weighted by atomic mass is 16.7. The molecule has 1 aliphatic heterocycles. The Hall–Kier alpha value is -1.22. The molecule has 1 fully saturated rings. The second-order valence-electron chi connectivity index (χ2n) is 7.21. The van der Waals surface area contributed by atoms with Gasteiger partial charge in [-0.2, -0.15) is 0 Å². The highest BCUT2D eigenvalue weighted by molar-refractivity contribution is 5.14. The Morgan fingerprint density at radius 2 is 1.60 bits per heavy atom. The first-order valence-electron chi connectivity index (χ1n) is 9.50. The van der Waals surface area contributed by atoms with Crippen LogP contribution in [0.15, 0.2) is 30.3 Å². The molecule has 30 heavy (non-hydrogen) atoms. The fourth-order valence-electron chi connectivity index (χ4n) is 2.92. The van der Waals surface area contributed by atoms with Gasteiger partial charge in [0.2, 0.25) is 0 Å². The molecule has 0 aliphatic carbocycles. The maximum absolute atomic E-state index is 10.1. The molecular weight excluding hydrogens is 404 g/mol. The molecule has 0 amide bonds. The number of hydrogen-bond acceptors (Lipinski definition) is 11. The van der Waals surface area contributed by atoms with E-state index in [1.54, 1.807) is 0 Å². The van der Waals surface area contributed by atoms with Gasteiger partial charge in [-0.25, -0.2) is 0 Å². The van der Waals surface area contributed by atoms with Gasteiger partial charge in [-0.1, -0.05) is 30.3 Å². The minimum atomic E-state index is -2.41. The predicted molar refractivity (Wildman–Crippen MR) is 99.9 cm³/mol. The maximum atomic E-state index is 10.1. The lowest BCUT2D eigenvalue weighted by molar-refractivity contribution is -0.313. The molecule has 1 aliphatic rings. The average Bonchev–Trinajstić information content (AvgIpc) is 2.77. The largest absolute Gasteiger partial charge is 0.393 e. The van der Waals surface area contributed by atoms with Gasteiger partial charge in [-0.3, -0.25) is 0 Å². The van der Waals surface area contributed by atoms with Crippen molar-refractivity contribution in [3.63, 3.8) is 0 Å². The molecule has 11 heteroatoms. The first-order valence-corrected chi connectivity index (χ1v) is 9.50. The Labute approximate surface area is 173 Å². The van der Waals surface area contributed by atoms with Crippen molar-refractivity contribution in [1.82, 2.24) is 0 Å². The van der Waals surface area contributed by atoms with E-state index in [0.717, 1.165) is 5.56 Å². The normalized spacial score (nSPS) is 29.5. The predicted octanol–water partition coefficient (Wildman–Crippen LogP) is -3.54. The lowest BCUT2D eigenvalue weighted by Gasteiger charge is -2.40. The lowest BCUT2D eigenvalue weighted by Crippen LogP contribution is -2.60. The fourth-order valence-corrected chi connectivity index (χ4v) is 2.92. The van der Waals surface area contributed by atoms with E-state index in [1.807, 2.05) is 30.3 Å². The summed E-state index contributed by atoms with van der Waals surface area (Å²) in [4.78, 5) is 0. The van der Waals surface area contributed by atoms with Gasteiger partial charge in [0.15, 0.2) is 12.6 Å². The molecule has 2 unspecified atom stereocenters. The Morgan fingerprint density at radius 1 is 0.967 bits per heavy atom. The van der Waals surface area contributed by atoms with Gasteiger partial charge in [0.1, 0.15) is 36.1 Å². The number of ether oxygens (including phenoxy) is 3. The van der Waals surface area contributed by atoms with E-state index < -0.39 is 68.5 Å². The highest BCUT2D eigenvalue weighted by Gasteiger charge is 2.45. The number of hydrogen-bond donors (Lipinski definition) is 8. The molecule has 1 aromatic carbocycles. The highest BCUT2D eigenvalue weighted by Crippen LogP contribution is 2.23. The van der Waals surface area contributed by atoms with Crippen LogP contribution in [0.25, 0.3) is 0 Å². The molecule has 0 saturated carbocycles. The molecule has 8 N–H and O–H groups in total. The second-order valence-corrected chi connectivity index (χ2v) is 7.21. The van der Waals surface area contributed by atoms with Crippen LogP contribution >= 0.6 is 0 Å². The minimum Gasteiger partial charge on any atom is -0.393 e. The SMILES string of the molecule is OCC(O)(CO)[C@@H](O)C(O)OC[C@H]1OC(OCCc2ccccc2)[C@H](O)[C@@H](O)[C@@H]1O. The average molecular weight is 434 g/mol. The zero-order valence-electron chi connectivity index (χ0n) is 16.3. The number of benzene rings is 1. The molecule has 7 atom stereocenters. The molecule has 1 aromatic rings.